The van der Waals surface area contributed by atoms with Crippen molar-refractivity contribution in [2.24, 2.45) is 7.05 Å². The summed E-state index contributed by atoms with van der Waals surface area (Å²) in [6.07, 6.45) is 8.13. The van der Waals surface area contributed by atoms with Gasteiger partial charge in [-0.05, 0) is 25.8 Å². The first-order valence-corrected chi connectivity index (χ1v) is 8.50. The van der Waals surface area contributed by atoms with Crippen molar-refractivity contribution in [1.82, 2.24) is 19.2 Å². The van der Waals surface area contributed by atoms with Crippen LogP contribution < -0.4 is 4.72 Å². The van der Waals surface area contributed by atoms with Crippen molar-refractivity contribution in [1.29, 1.82) is 0 Å². The van der Waals surface area contributed by atoms with E-state index in [0.717, 1.165) is 31.8 Å². The summed E-state index contributed by atoms with van der Waals surface area (Å²) in [4.78, 5) is 6.74. The molecule has 0 spiro atoms. The Balaban J connectivity index is 1.85. The van der Waals surface area contributed by atoms with Gasteiger partial charge in [-0.3, -0.25) is 4.90 Å². The lowest BCUT2D eigenvalue weighted by molar-refractivity contribution is 0.228. The lowest BCUT2D eigenvalue weighted by Gasteiger charge is -2.24. The van der Waals surface area contributed by atoms with E-state index in [-0.39, 0.29) is 0 Å². The van der Waals surface area contributed by atoms with E-state index in [1.54, 1.807) is 0 Å². The van der Waals surface area contributed by atoms with E-state index >= 15 is 0 Å². The minimum absolute atomic E-state index is 0.450. The SMILES string of the molecule is Cn1ccnc1CN1CCCC1CCNS(C)(=O)=O. The van der Waals surface area contributed by atoms with Gasteiger partial charge in [-0.25, -0.2) is 18.1 Å². The summed E-state index contributed by atoms with van der Waals surface area (Å²) in [5.74, 6) is 1.06. The Labute approximate surface area is 114 Å². The fourth-order valence-electron chi connectivity index (χ4n) is 2.57. The highest BCUT2D eigenvalue weighted by molar-refractivity contribution is 7.88. The normalized spacial score (nSPS) is 21.1. The molecule has 1 aromatic heterocycles. The zero-order valence-electron chi connectivity index (χ0n) is 11.5. The molecule has 1 unspecified atom stereocenters. The van der Waals surface area contributed by atoms with Crippen LogP contribution in [0.2, 0.25) is 0 Å². The van der Waals surface area contributed by atoms with Gasteiger partial charge in [0.15, 0.2) is 0 Å². The van der Waals surface area contributed by atoms with Crippen molar-refractivity contribution in [2.45, 2.75) is 31.8 Å². The minimum Gasteiger partial charge on any atom is -0.337 e. The number of rotatable bonds is 6. The predicted molar refractivity (Wildman–Crippen MR) is 74.1 cm³/mol. The molecule has 0 amide bonds. The van der Waals surface area contributed by atoms with Crippen LogP contribution in [0.5, 0.6) is 0 Å². The van der Waals surface area contributed by atoms with Crippen LogP contribution >= 0.6 is 0 Å². The topological polar surface area (TPSA) is 67.2 Å². The molecule has 0 radical (unpaired) electrons. The monoisotopic (exact) mass is 286 g/mol. The van der Waals surface area contributed by atoms with Crippen molar-refractivity contribution >= 4 is 10.0 Å². The first-order chi connectivity index (χ1) is 8.96. The van der Waals surface area contributed by atoms with Crippen LogP contribution in [0.3, 0.4) is 0 Å². The Bertz CT molecular complexity index is 512. The second-order valence-electron chi connectivity index (χ2n) is 5.18. The second-order valence-corrected chi connectivity index (χ2v) is 7.01. The number of imidazole rings is 1. The molecule has 2 rings (SSSR count). The molecule has 1 saturated heterocycles. The van der Waals surface area contributed by atoms with Crippen LogP contribution in [0.4, 0.5) is 0 Å². The van der Waals surface area contributed by atoms with Crippen LogP contribution in [-0.4, -0.2) is 48.3 Å². The van der Waals surface area contributed by atoms with Crippen LogP contribution in [0.15, 0.2) is 12.4 Å². The third kappa shape index (κ3) is 4.29. The fourth-order valence-corrected chi connectivity index (χ4v) is 3.06. The standard InChI is InChI=1S/C12H22N4O2S/c1-15-9-7-13-12(15)10-16-8-3-4-11(16)5-6-14-19(2,17)18/h7,9,11,14H,3-6,8,10H2,1-2H3. The number of likely N-dealkylation sites (tertiary alicyclic amines) is 1. The number of aryl methyl sites for hydroxylation is 1. The van der Waals surface area contributed by atoms with Gasteiger partial charge < -0.3 is 4.57 Å². The number of hydrogen-bond acceptors (Lipinski definition) is 4. The summed E-state index contributed by atoms with van der Waals surface area (Å²) in [5, 5.41) is 0. The summed E-state index contributed by atoms with van der Waals surface area (Å²) >= 11 is 0. The Morgan fingerprint density at radius 2 is 2.32 bits per heavy atom. The summed E-state index contributed by atoms with van der Waals surface area (Å²) < 4.78 is 26.7. The molecule has 1 aliphatic rings. The predicted octanol–water partition coefficient (Wildman–Crippen LogP) is 0.324. The lowest BCUT2D eigenvalue weighted by Crippen LogP contribution is -2.34. The smallest absolute Gasteiger partial charge is 0.208 e. The molecule has 7 heteroatoms. The molecule has 0 aromatic carbocycles. The number of hydrogen-bond donors (Lipinski definition) is 1. The first kappa shape index (κ1) is 14.5. The number of aromatic nitrogens is 2. The maximum atomic E-state index is 11.0. The van der Waals surface area contributed by atoms with Crippen LogP contribution in [-0.2, 0) is 23.6 Å². The molecular weight excluding hydrogens is 264 g/mol. The number of nitrogens with one attached hydrogen (secondary N) is 1. The Kier molecular flexibility index (Phi) is 4.59. The first-order valence-electron chi connectivity index (χ1n) is 6.60. The van der Waals surface area contributed by atoms with Gasteiger partial charge in [0.2, 0.25) is 10.0 Å². The molecule has 1 fully saturated rings. The zero-order valence-corrected chi connectivity index (χ0v) is 12.4. The van der Waals surface area contributed by atoms with Crippen LogP contribution in [0, 0.1) is 0 Å². The molecule has 108 valence electrons. The van der Waals surface area contributed by atoms with E-state index in [0.29, 0.717) is 12.6 Å². The maximum Gasteiger partial charge on any atom is 0.208 e. The largest absolute Gasteiger partial charge is 0.337 e. The third-order valence-corrected chi connectivity index (χ3v) is 4.33. The van der Waals surface area contributed by atoms with Gasteiger partial charge in [0.1, 0.15) is 5.82 Å². The molecule has 1 aromatic rings. The summed E-state index contributed by atoms with van der Waals surface area (Å²) in [6.45, 7) is 2.42. The minimum atomic E-state index is -3.07. The number of nitrogens with zero attached hydrogens (tertiary/aromatic N) is 3. The maximum absolute atomic E-state index is 11.0. The molecule has 0 saturated carbocycles. The second kappa shape index (κ2) is 6.02. The van der Waals surface area contributed by atoms with E-state index < -0.39 is 10.0 Å². The van der Waals surface area contributed by atoms with E-state index in [2.05, 4.69) is 14.6 Å². The molecule has 1 N–H and O–H groups in total. The van der Waals surface area contributed by atoms with Gasteiger partial charge in [-0.1, -0.05) is 0 Å². The molecular formula is C12H22N4O2S. The van der Waals surface area contributed by atoms with Crippen molar-refractivity contribution in [3.8, 4) is 0 Å². The highest BCUT2D eigenvalue weighted by Crippen LogP contribution is 2.21. The summed E-state index contributed by atoms with van der Waals surface area (Å²) in [7, 11) is -1.08. The van der Waals surface area contributed by atoms with E-state index in [9.17, 15) is 8.42 Å². The van der Waals surface area contributed by atoms with E-state index in [4.69, 9.17) is 0 Å². The van der Waals surface area contributed by atoms with Gasteiger partial charge >= 0.3 is 0 Å². The van der Waals surface area contributed by atoms with E-state index in [1.807, 2.05) is 24.0 Å². The molecule has 6 nitrogen and oxygen atoms in total. The van der Waals surface area contributed by atoms with Gasteiger partial charge in [0.05, 0.1) is 12.8 Å². The Morgan fingerprint density at radius 1 is 1.53 bits per heavy atom. The lowest BCUT2D eigenvalue weighted by atomic mass is 10.1. The van der Waals surface area contributed by atoms with Crippen molar-refractivity contribution < 1.29 is 8.42 Å². The molecule has 19 heavy (non-hydrogen) atoms. The quantitative estimate of drug-likeness (QED) is 0.818. The third-order valence-electron chi connectivity index (χ3n) is 3.61. The average molecular weight is 286 g/mol. The Hall–Kier alpha value is -0.920. The molecule has 2 heterocycles. The van der Waals surface area contributed by atoms with Crippen molar-refractivity contribution in [3.05, 3.63) is 18.2 Å². The highest BCUT2D eigenvalue weighted by atomic mass is 32.2. The Morgan fingerprint density at radius 3 is 2.95 bits per heavy atom. The summed E-state index contributed by atoms with van der Waals surface area (Å²) in [6, 6.07) is 0.450. The fraction of sp³-hybridized carbons (Fsp3) is 0.750. The molecule has 1 atom stereocenters. The number of sulfonamides is 1. The molecule has 0 bridgehead atoms. The van der Waals surface area contributed by atoms with Gasteiger partial charge in [-0.2, -0.15) is 0 Å². The molecule has 0 aliphatic carbocycles. The van der Waals surface area contributed by atoms with Crippen molar-refractivity contribution in [3.63, 3.8) is 0 Å². The molecule has 1 aliphatic heterocycles. The average Bonchev–Trinajstić information content (AvgIpc) is 2.89. The zero-order chi connectivity index (χ0) is 13.9. The highest BCUT2D eigenvalue weighted by Gasteiger charge is 2.25. The van der Waals surface area contributed by atoms with E-state index in [1.165, 1.54) is 12.7 Å². The van der Waals surface area contributed by atoms with Gasteiger partial charge in [0, 0.05) is 32.0 Å². The van der Waals surface area contributed by atoms with Gasteiger partial charge in [0.25, 0.3) is 0 Å². The van der Waals surface area contributed by atoms with Crippen LogP contribution in [0.25, 0.3) is 0 Å². The van der Waals surface area contributed by atoms with Gasteiger partial charge in [-0.15, -0.1) is 0 Å². The summed E-state index contributed by atoms with van der Waals surface area (Å²) in [5.41, 5.74) is 0. The van der Waals surface area contributed by atoms with Crippen LogP contribution in [0.1, 0.15) is 25.1 Å². The van der Waals surface area contributed by atoms with Crippen molar-refractivity contribution in [2.75, 3.05) is 19.3 Å².